The van der Waals surface area contributed by atoms with Crippen molar-refractivity contribution < 1.29 is 9.53 Å². The Kier molecular flexibility index (Phi) is 5.57. The van der Waals surface area contributed by atoms with Crippen molar-refractivity contribution in [3.05, 3.63) is 59.7 Å². The van der Waals surface area contributed by atoms with Gasteiger partial charge in [0.05, 0.1) is 42.9 Å². The molecule has 0 radical (unpaired) electrons. The molecule has 2 aliphatic rings. The van der Waals surface area contributed by atoms with Crippen LogP contribution in [0.1, 0.15) is 11.1 Å². The highest BCUT2D eigenvalue weighted by Gasteiger charge is 2.39. The fraction of sp³-hybridized carbons (Fsp3) is 0.348. The normalized spacial score (nSPS) is 18.0. The molecule has 6 nitrogen and oxygen atoms in total. The molecule has 0 bridgehead atoms. The number of amides is 1. The number of ether oxygens (including phenoxy) is 1. The van der Waals surface area contributed by atoms with Crippen molar-refractivity contribution in [3.8, 4) is 23.3 Å². The molecule has 2 aliphatic heterocycles. The zero-order chi connectivity index (χ0) is 20.2. The van der Waals surface area contributed by atoms with Crippen molar-refractivity contribution in [1.82, 2.24) is 10.2 Å². The average Bonchev–Trinajstić information content (AvgIpc) is 2.68. The van der Waals surface area contributed by atoms with Gasteiger partial charge in [0.2, 0.25) is 5.91 Å². The molecule has 1 unspecified atom stereocenters. The van der Waals surface area contributed by atoms with Crippen molar-refractivity contribution in [3.63, 3.8) is 0 Å². The molecular formula is C23H22N4O2. The maximum Gasteiger partial charge on any atom is 0.226 e. The maximum absolute atomic E-state index is 12.4. The van der Waals surface area contributed by atoms with E-state index in [1.54, 1.807) is 12.1 Å². The fourth-order valence-corrected chi connectivity index (χ4v) is 3.64. The van der Waals surface area contributed by atoms with E-state index in [9.17, 15) is 10.1 Å². The second-order valence-corrected chi connectivity index (χ2v) is 7.62. The zero-order valence-electron chi connectivity index (χ0n) is 16.0. The van der Waals surface area contributed by atoms with Gasteiger partial charge in [0, 0.05) is 19.5 Å². The van der Waals surface area contributed by atoms with E-state index in [1.807, 2.05) is 36.4 Å². The Balaban J connectivity index is 1.30. The number of hydrogen-bond donors (Lipinski definition) is 1. The molecule has 2 aromatic carbocycles. The van der Waals surface area contributed by atoms with Crippen molar-refractivity contribution in [2.45, 2.75) is 18.5 Å². The predicted molar refractivity (Wildman–Crippen MR) is 108 cm³/mol. The van der Waals surface area contributed by atoms with E-state index in [0.717, 1.165) is 43.0 Å². The van der Waals surface area contributed by atoms with E-state index in [-0.39, 0.29) is 11.8 Å². The van der Waals surface area contributed by atoms with Crippen LogP contribution in [0.4, 0.5) is 0 Å². The summed E-state index contributed by atoms with van der Waals surface area (Å²) in [6.07, 6.45) is 0.475. The topological polar surface area (TPSA) is 89.2 Å². The first-order chi connectivity index (χ1) is 14.2. The lowest BCUT2D eigenvalue weighted by Crippen LogP contribution is -2.62. The Bertz CT molecular complexity index is 946. The minimum absolute atomic E-state index is 0.0368. The van der Waals surface area contributed by atoms with Gasteiger partial charge < -0.3 is 10.1 Å². The van der Waals surface area contributed by atoms with Crippen LogP contribution in [-0.2, 0) is 16.0 Å². The molecule has 0 spiro atoms. The van der Waals surface area contributed by atoms with Gasteiger partial charge in [0.25, 0.3) is 0 Å². The Morgan fingerprint density at radius 2 is 1.69 bits per heavy atom. The van der Waals surface area contributed by atoms with Crippen molar-refractivity contribution >= 4 is 5.91 Å². The zero-order valence-corrected chi connectivity index (χ0v) is 16.0. The van der Waals surface area contributed by atoms with Gasteiger partial charge in [0.1, 0.15) is 6.04 Å². The summed E-state index contributed by atoms with van der Waals surface area (Å²) in [5.74, 6) is -0.0764. The summed E-state index contributed by atoms with van der Waals surface area (Å²) in [4.78, 5) is 14.7. The third-order valence-corrected chi connectivity index (χ3v) is 5.63. The lowest BCUT2D eigenvalue weighted by atomic mass is 9.95. The third kappa shape index (κ3) is 4.30. The van der Waals surface area contributed by atoms with Crippen LogP contribution in [0.25, 0.3) is 11.1 Å². The molecule has 2 heterocycles. The van der Waals surface area contributed by atoms with Crippen LogP contribution >= 0.6 is 0 Å². The first-order valence-corrected chi connectivity index (χ1v) is 9.77. The van der Waals surface area contributed by atoms with Gasteiger partial charge in [-0.25, -0.2) is 0 Å². The van der Waals surface area contributed by atoms with E-state index >= 15 is 0 Å². The van der Waals surface area contributed by atoms with E-state index in [0.29, 0.717) is 18.0 Å². The second-order valence-electron chi connectivity index (χ2n) is 7.62. The van der Waals surface area contributed by atoms with E-state index in [2.05, 4.69) is 22.4 Å². The smallest absolute Gasteiger partial charge is 0.226 e. The Morgan fingerprint density at radius 1 is 1.07 bits per heavy atom. The molecule has 29 heavy (non-hydrogen) atoms. The molecule has 2 aromatic rings. The highest BCUT2D eigenvalue weighted by molar-refractivity contribution is 5.80. The number of nitrogens with one attached hydrogen (secondary N) is 1. The second kappa shape index (κ2) is 8.45. The molecule has 0 aromatic heterocycles. The number of carbonyl (C=O) groups is 1. The van der Waals surface area contributed by atoms with Crippen LogP contribution in [0.5, 0.6) is 0 Å². The highest BCUT2D eigenvalue weighted by Crippen LogP contribution is 2.23. The quantitative estimate of drug-likeness (QED) is 0.821. The average molecular weight is 386 g/mol. The summed E-state index contributed by atoms with van der Waals surface area (Å²) < 4.78 is 5.18. The van der Waals surface area contributed by atoms with Gasteiger partial charge >= 0.3 is 0 Å². The minimum atomic E-state index is -0.538. The summed E-state index contributed by atoms with van der Waals surface area (Å²) in [7, 11) is 0. The molecule has 2 fully saturated rings. The lowest BCUT2D eigenvalue weighted by Gasteiger charge is -2.46. The predicted octanol–water partition coefficient (Wildman–Crippen LogP) is 2.11. The van der Waals surface area contributed by atoms with Crippen LogP contribution in [0.2, 0.25) is 0 Å². The summed E-state index contributed by atoms with van der Waals surface area (Å²) in [5.41, 5.74) is 3.71. The van der Waals surface area contributed by atoms with Crippen LogP contribution in [0.3, 0.4) is 0 Å². The van der Waals surface area contributed by atoms with Crippen LogP contribution in [0, 0.1) is 28.6 Å². The standard InChI is InChI=1S/C23H22N4O2/c24-10-17-3-7-19(8-4-17)18-5-1-16(2-6-18)9-21(11-25)26-23(28)20-12-27(13-20)22-14-29-15-22/h1-8,20-22H,9,12-15H2,(H,26,28). The van der Waals surface area contributed by atoms with E-state index in [4.69, 9.17) is 10.00 Å². The number of nitriles is 2. The van der Waals surface area contributed by atoms with Crippen LogP contribution < -0.4 is 5.32 Å². The molecule has 1 atom stereocenters. The number of hydrogen-bond acceptors (Lipinski definition) is 5. The van der Waals surface area contributed by atoms with Gasteiger partial charge in [-0.1, -0.05) is 36.4 Å². The molecule has 4 rings (SSSR count). The van der Waals surface area contributed by atoms with Gasteiger partial charge in [0.15, 0.2) is 0 Å². The van der Waals surface area contributed by atoms with E-state index in [1.165, 1.54) is 0 Å². The summed E-state index contributed by atoms with van der Waals surface area (Å²) in [5, 5.41) is 21.2. The summed E-state index contributed by atoms with van der Waals surface area (Å²) in [6, 6.07) is 19.6. The number of nitrogens with zero attached hydrogens (tertiary/aromatic N) is 3. The van der Waals surface area contributed by atoms with Gasteiger partial charge in [-0.2, -0.15) is 10.5 Å². The highest BCUT2D eigenvalue weighted by atomic mass is 16.5. The number of carbonyl (C=O) groups excluding carboxylic acids is 1. The Labute approximate surface area is 170 Å². The Morgan fingerprint density at radius 3 is 2.21 bits per heavy atom. The lowest BCUT2D eigenvalue weighted by molar-refractivity contribution is -0.140. The molecule has 2 saturated heterocycles. The number of likely N-dealkylation sites (tertiary alicyclic amines) is 1. The largest absolute Gasteiger partial charge is 0.378 e. The molecular weight excluding hydrogens is 364 g/mol. The molecule has 146 valence electrons. The van der Waals surface area contributed by atoms with Crippen molar-refractivity contribution in [2.75, 3.05) is 26.3 Å². The Hall–Kier alpha value is -3.19. The van der Waals surface area contributed by atoms with Crippen LogP contribution in [-0.4, -0.2) is 49.2 Å². The SMILES string of the molecule is N#Cc1ccc(-c2ccc(CC(C#N)NC(=O)C3CN(C4COC4)C3)cc2)cc1. The first-order valence-electron chi connectivity index (χ1n) is 9.77. The number of benzene rings is 2. The van der Waals surface area contributed by atoms with Gasteiger partial charge in [-0.3, -0.25) is 9.69 Å². The fourth-order valence-electron chi connectivity index (χ4n) is 3.64. The van der Waals surface area contributed by atoms with Crippen LogP contribution in [0.15, 0.2) is 48.5 Å². The van der Waals surface area contributed by atoms with Crippen molar-refractivity contribution in [1.29, 1.82) is 10.5 Å². The monoisotopic (exact) mass is 386 g/mol. The first kappa shape index (κ1) is 19.1. The van der Waals surface area contributed by atoms with Crippen molar-refractivity contribution in [2.24, 2.45) is 5.92 Å². The molecule has 0 saturated carbocycles. The van der Waals surface area contributed by atoms with Gasteiger partial charge in [-0.05, 0) is 28.8 Å². The summed E-state index contributed by atoms with van der Waals surface area (Å²) in [6.45, 7) is 3.01. The molecule has 1 amide bonds. The summed E-state index contributed by atoms with van der Waals surface area (Å²) >= 11 is 0. The molecule has 1 N–H and O–H groups in total. The molecule has 6 heteroatoms. The number of rotatable bonds is 6. The van der Waals surface area contributed by atoms with E-state index < -0.39 is 6.04 Å². The minimum Gasteiger partial charge on any atom is -0.378 e. The third-order valence-electron chi connectivity index (χ3n) is 5.63. The maximum atomic E-state index is 12.4. The van der Waals surface area contributed by atoms with Gasteiger partial charge in [-0.15, -0.1) is 0 Å². The molecule has 0 aliphatic carbocycles.